The van der Waals surface area contributed by atoms with Gasteiger partial charge in [0.1, 0.15) is 0 Å². The molecule has 1 aliphatic carbocycles. The van der Waals surface area contributed by atoms with Gasteiger partial charge >= 0.3 is 5.97 Å². The average molecular weight is 352 g/mol. The van der Waals surface area contributed by atoms with Crippen LogP contribution in [0.15, 0.2) is 30.3 Å². The smallest absolute Gasteiger partial charge is 0.303 e. The molecule has 1 aromatic heterocycles. The maximum absolute atomic E-state index is 13.4. The Balaban J connectivity index is 1.68. The summed E-state index contributed by atoms with van der Waals surface area (Å²) in [5.74, 6) is -0.288. The third-order valence-corrected chi connectivity index (χ3v) is 5.54. The van der Waals surface area contributed by atoms with Gasteiger partial charge in [0.25, 0.3) is 5.91 Å². The third kappa shape index (κ3) is 3.43. The first kappa shape index (κ1) is 17.0. The Hall–Kier alpha value is -2.43. The fraction of sp³-hybridized carbons (Fsp3) is 0.476. The SMILES string of the molecule is O=C(O)CCC1CCCCN1C(=O)c1cc(C2CC2)nc2ccccc12. The highest BCUT2D eigenvalue weighted by atomic mass is 16.4. The van der Waals surface area contributed by atoms with Crippen LogP contribution in [0.4, 0.5) is 0 Å². The van der Waals surface area contributed by atoms with Gasteiger partial charge in [0.2, 0.25) is 0 Å². The molecule has 1 amide bonds. The van der Waals surface area contributed by atoms with Crippen LogP contribution >= 0.6 is 0 Å². The zero-order valence-corrected chi connectivity index (χ0v) is 14.9. The van der Waals surface area contributed by atoms with Crippen LogP contribution in [0.25, 0.3) is 10.9 Å². The Labute approximate surface area is 153 Å². The summed E-state index contributed by atoms with van der Waals surface area (Å²) in [5, 5.41) is 9.91. The average Bonchev–Trinajstić information content (AvgIpc) is 3.50. The molecule has 1 saturated heterocycles. The lowest BCUT2D eigenvalue weighted by atomic mass is 9.96. The van der Waals surface area contributed by atoms with Crippen molar-refractivity contribution in [1.29, 1.82) is 0 Å². The van der Waals surface area contributed by atoms with Crippen LogP contribution in [0.5, 0.6) is 0 Å². The van der Waals surface area contributed by atoms with E-state index in [1.807, 2.05) is 35.2 Å². The first-order valence-corrected chi connectivity index (χ1v) is 9.56. The molecule has 2 aliphatic rings. The van der Waals surface area contributed by atoms with E-state index in [-0.39, 0.29) is 18.4 Å². The molecule has 0 bridgehead atoms. The molecular formula is C21H24N2O3. The molecule has 1 aliphatic heterocycles. The number of hydrogen-bond acceptors (Lipinski definition) is 3. The number of piperidine rings is 1. The van der Waals surface area contributed by atoms with E-state index in [4.69, 9.17) is 10.1 Å². The number of aliphatic carboxylic acids is 1. The van der Waals surface area contributed by atoms with Gasteiger partial charge in [-0.15, -0.1) is 0 Å². The predicted molar refractivity (Wildman–Crippen MR) is 99.3 cm³/mol. The molecule has 2 aromatic rings. The van der Waals surface area contributed by atoms with Crippen LogP contribution in [0, 0.1) is 0 Å². The monoisotopic (exact) mass is 352 g/mol. The second-order valence-electron chi connectivity index (χ2n) is 7.47. The Morgan fingerprint density at radius 1 is 1.15 bits per heavy atom. The first-order chi connectivity index (χ1) is 12.6. The van der Waals surface area contributed by atoms with Gasteiger partial charge in [-0.25, -0.2) is 0 Å². The van der Waals surface area contributed by atoms with E-state index < -0.39 is 5.97 Å². The summed E-state index contributed by atoms with van der Waals surface area (Å²) >= 11 is 0. The predicted octanol–water partition coefficient (Wildman–Crippen LogP) is 3.97. The maximum Gasteiger partial charge on any atom is 0.303 e. The standard InChI is InChI=1S/C21H24N2O3/c24-20(25)11-10-15-5-3-4-12-23(15)21(26)17-13-19(14-8-9-14)22-18-7-2-1-6-16(17)18/h1-2,6-7,13-15H,3-5,8-12H2,(H,24,25). The molecule has 1 aromatic carbocycles. The summed E-state index contributed by atoms with van der Waals surface area (Å²) in [5.41, 5.74) is 2.62. The number of carboxylic acids is 1. The molecule has 136 valence electrons. The van der Waals surface area contributed by atoms with E-state index in [0.717, 1.165) is 54.3 Å². The van der Waals surface area contributed by atoms with E-state index in [9.17, 15) is 9.59 Å². The summed E-state index contributed by atoms with van der Waals surface area (Å²) in [6, 6.07) is 9.82. The topological polar surface area (TPSA) is 70.5 Å². The second kappa shape index (κ2) is 7.06. The van der Waals surface area contributed by atoms with Crippen molar-refractivity contribution in [2.75, 3.05) is 6.54 Å². The number of para-hydroxylation sites is 1. The minimum Gasteiger partial charge on any atom is -0.481 e. The number of amides is 1. The lowest BCUT2D eigenvalue weighted by Gasteiger charge is -2.36. The van der Waals surface area contributed by atoms with Crippen LogP contribution in [-0.2, 0) is 4.79 Å². The van der Waals surface area contributed by atoms with E-state index >= 15 is 0 Å². The number of carbonyl (C=O) groups is 2. The molecule has 4 rings (SSSR count). The molecule has 1 unspecified atom stereocenters. The molecule has 26 heavy (non-hydrogen) atoms. The molecule has 0 spiro atoms. The number of hydrogen-bond donors (Lipinski definition) is 1. The fourth-order valence-corrected chi connectivity index (χ4v) is 3.97. The molecule has 0 radical (unpaired) electrons. The molecule has 2 fully saturated rings. The van der Waals surface area contributed by atoms with Gasteiger partial charge in [-0.3, -0.25) is 14.6 Å². The van der Waals surface area contributed by atoms with Crippen molar-refractivity contribution in [3.63, 3.8) is 0 Å². The molecule has 2 heterocycles. The number of rotatable bonds is 5. The summed E-state index contributed by atoms with van der Waals surface area (Å²) in [7, 11) is 0. The summed E-state index contributed by atoms with van der Waals surface area (Å²) in [4.78, 5) is 31.1. The number of pyridine rings is 1. The third-order valence-electron chi connectivity index (χ3n) is 5.54. The molecule has 5 nitrogen and oxygen atoms in total. The Morgan fingerprint density at radius 3 is 2.73 bits per heavy atom. The van der Waals surface area contributed by atoms with Crippen LogP contribution in [0.2, 0.25) is 0 Å². The number of carbonyl (C=O) groups excluding carboxylic acids is 1. The number of aromatic nitrogens is 1. The molecule has 1 atom stereocenters. The van der Waals surface area contributed by atoms with Crippen LogP contribution in [0.1, 0.15) is 66.9 Å². The second-order valence-corrected chi connectivity index (χ2v) is 7.47. The summed E-state index contributed by atoms with van der Waals surface area (Å²) in [6.45, 7) is 0.707. The number of likely N-dealkylation sites (tertiary alicyclic amines) is 1. The fourth-order valence-electron chi connectivity index (χ4n) is 3.97. The highest BCUT2D eigenvalue weighted by Crippen LogP contribution is 2.40. The Morgan fingerprint density at radius 2 is 1.96 bits per heavy atom. The van der Waals surface area contributed by atoms with E-state index in [0.29, 0.717) is 18.9 Å². The van der Waals surface area contributed by atoms with Crippen molar-refractivity contribution >= 4 is 22.8 Å². The van der Waals surface area contributed by atoms with Gasteiger partial charge in [-0.1, -0.05) is 18.2 Å². The minimum atomic E-state index is -0.798. The zero-order chi connectivity index (χ0) is 18.1. The van der Waals surface area contributed by atoms with Crippen molar-refractivity contribution in [2.24, 2.45) is 0 Å². The lowest BCUT2D eigenvalue weighted by Crippen LogP contribution is -2.44. The highest BCUT2D eigenvalue weighted by molar-refractivity contribution is 6.06. The molecule has 5 heteroatoms. The van der Waals surface area contributed by atoms with E-state index in [1.165, 1.54) is 0 Å². The first-order valence-electron chi connectivity index (χ1n) is 9.56. The lowest BCUT2D eigenvalue weighted by molar-refractivity contribution is -0.137. The summed E-state index contributed by atoms with van der Waals surface area (Å²) in [6.07, 6.45) is 5.84. The normalized spacial score (nSPS) is 20.3. The number of benzene rings is 1. The zero-order valence-electron chi connectivity index (χ0n) is 14.9. The Bertz CT molecular complexity index is 844. The molecule has 1 N–H and O–H groups in total. The maximum atomic E-state index is 13.4. The van der Waals surface area contributed by atoms with Gasteiger partial charge in [0.05, 0.1) is 11.1 Å². The van der Waals surface area contributed by atoms with Crippen LogP contribution in [0.3, 0.4) is 0 Å². The van der Waals surface area contributed by atoms with E-state index in [1.54, 1.807) is 0 Å². The quantitative estimate of drug-likeness (QED) is 0.884. The molecule has 1 saturated carbocycles. The van der Waals surface area contributed by atoms with Gasteiger partial charge in [-0.05, 0) is 50.7 Å². The van der Waals surface area contributed by atoms with Crippen molar-refractivity contribution in [1.82, 2.24) is 9.88 Å². The van der Waals surface area contributed by atoms with Crippen molar-refractivity contribution in [3.8, 4) is 0 Å². The van der Waals surface area contributed by atoms with Crippen LogP contribution < -0.4 is 0 Å². The highest BCUT2D eigenvalue weighted by Gasteiger charge is 2.31. The van der Waals surface area contributed by atoms with Crippen molar-refractivity contribution in [2.45, 2.75) is 56.9 Å². The van der Waals surface area contributed by atoms with Gasteiger partial charge in [0.15, 0.2) is 0 Å². The largest absolute Gasteiger partial charge is 0.481 e. The number of nitrogens with zero attached hydrogens (tertiary/aromatic N) is 2. The van der Waals surface area contributed by atoms with Crippen molar-refractivity contribution in [3.05, 3.63) is 41.6 Å². The van der Waals surface area contributed by atoms with Gasteiger partial charge in [-0.2, -0.15) is 0 Å². The number of carboxylic acid groups (broad SMARTS) is 1. The summed E-state index contributed by atoms with van der Waals surface area (Å²) < 4.78 is 0. The van der Waals surface area contributed by atoms with Gasteiger partial charge < -0.3 is 10.0 Å². The molecular weight excluding hydrogens is 328 g/mol. The Kier molecular flexibility index (Phi) is 4.62. The van der Waals surface area contributed by atoms with E-state index in [2.05, 4.69) is 0 Å². The van der Waals surface area contributed by atoms with Crippen molar-refractivity contribution < 1.29 is 14.7 Å². The van der Waals surface area contributed by atoms with Gasteiger partial charge in [0, 0.05) is 36.0 Å². The van der Waals surface area contributed by atoms with Crippen LogP contribution in [-0.4, -0.2) is 39.5 Å². The minimum absolute atomic E-state index is 0.0173. The number of fused-ring (bicyclic) bond motifs is 1.